The van der Waals surface area contributed by atoms with E-state index in [1.54, 1.807) is 42.1 Å². The second kappa shape index (κ2) is 5.65. The fourth-order valence-electron chi connectivity index (χ4n) is 2.67. The smallest absolute Gasteiger partial charge is 0.240 e. The average molecular weight is 345 g/mol. The van der Waals surface area contributed by atoms with Gasteiger partial charge < -0.3 is 15.5 Å². The van der Waals surface area contributed by atoms with E-state index in [-0.39, 0.29) is 19.5 Å². The quantitative estimate of drug-likeness (QED) is 0.833. The van der Waals surface area contributed by atoms with Crippen LogP contribution in [0.4, 0.5) is 10.2 Å². The van der Waals surface area contributed by atoms with Gasteiger partial charge in [0.05, 0.1) is 6.54 Å². The predicted molar refractivity (Wildman–Crippen MR) is 79.3 cm³/mol. The number of primary amides is 1. The van der Waals surface area contributed by atoms with Crippen molar-refractivity contribution in [1.29, 1.82) is 0 Å². The Morgan fingerprint density at radius 1 is 1.65 bits per heavy atom. The molecule has 1 amide bonds. The molecular weight excluding hydrogens is 327 g/mol. The van der Waals surface area contributed by atoms with Crippen LogP contribution in [0.25, 0.3) is 0 Å². The summed E-state index contributed by atoms with van der Waals surface area (Å²) in [5.41, 5.74) is 3.95. The van der Waals surface area contributed by atoms with Crippen molar-refractivity contribution in [1.82, 2.24) is 9.88 Å². The lowest BCUT2D eigenvalue weighted by atomic mass is 10.0. The Bertz CT molecular complexity index is 513. The molecule has 2 atom stereocenters. The molecular formula is C13H18BrFN4O. The molecule has 1 aromatic heterocycles. The van der Waals surface area contributed by atoms with Crippen molar-refractivity contribution in [3.63, 3.8) is 0 Å². The highest BCUT2D eigenvalue weighted by Crippen LogP contribution is 2.34. The molecule has 0 aromatic carbocycles. The van der Waals surface area contributed by atoms with E-state index in [1.165, 1.54) is 0 Å². The van der Waals surface area contributed by atoms with Crippen molar-refractivity contribution in [3.8, 4) is 0 Å². The van der Waals surface area contributed by atoms with E-state index >= 15 is 0 Å². The van der Waals surface area contributed by atoms with Crippen molar-refractivity contribution < 1.29 is 9.18 Å². The number of amides is 1. The Hall–Kier alpha value is -1.21. The number of nitrogens with two attached hydrogens (primary N) is 1. The number of alkyl halides is 1. The maximum Gasteiger partial charge on any atom is 0.240 e. The Balaban J connectivity index is 2.29. The molecule has 2 rings (SSSR count). The fraction of sp³-hybridized carbons (Fsp3) is 0.538. The molecule has 2 N–H and O–H groups in total. The molecule has 0 bridgehead atoms. The van der Waals surface area contributed by atoms with Gasteiger partial charge in [0.1, 0.15) is 22.1 Å². The highest BCUT2D eigenvalue weighted by Gasteiger charge is 2.47. The minimum atomic E-state index is -1.47. The molecule has 1 aromatic rings. The fourth-order valence-corrected chi connectivity index (χ4v) is 3.00. The Morgan fingerprint density at radius 2 is 2.35 bits per heavy atom. The van der Waals surface area contributed by atoms with Gasteiger partial charge >= 0.3 is 0 Å². The number of carbonyl (C=O) groups excluding carboxylic acids is 1. The molecule has 7 heteroatoms. The van der Waals surface area contributed by atoms with Crippen LogP contribution in [-0.4, -0.2) is 54.7 Å². The van der Waals surface area contributed by atoms with Gasteiger partial charge in [-0.1, -0.05) is 6.07 Å². The van der Waals surface area contributed by atoms with Gasteiger partial charge in [0.15, 0.2) is 0 Å². The van der Waals surface area contributed by atoms with E-state index in [2.05, 4.69) is 20.9 Å². The average Bonchev–Trinajstić information content (AvgIpc) is 2.66. The number of pyridine rings is 1. The van der Waals surface area contributed by atoms with Gasteiger partial charge in [0.25, 0.3) is 0 Å². The molecule has 5 nitrogen and oxygen atoms in total. The van der Waals surface area contributed by atoms with Gasteiger partial charge in [-0.15, -0.1) is 0 Å². The normalized spacial score (nSPS) is 26.2. The third kappa shape index (κ3) is 3.27. The standard InChI is InChI=1S/C13H18BrFN4O/c1-18(2)7-13(15)6-9(12(16)20)19(8-13)11-5-3-4-10(14)17-11/h3-5,9H,6-8H2,1-2H3,(H2,16,20). The first-order valence-electron chi connectivity index (χ1n) is 6.33. The highest BCUT2D eigenvalue weighted by molar-refractivity contribution is 9.10. The second-order valence-electron chi connectivity index (χ2n) is 5.46. The predicted octanol–water partition coefficient (Wildman–Crippen LogP) is 1.18. The third-order valence-electron chi connectivity index (χ3n) is 3.31. The molecule has 0 aliphatic carbocycles. The van der Waals surface area contributed by atoms with Crippen molar-refractivity contribution in [2.75, 3.05) is 32.1 Å². The number of anilines is 1. The monoisotopic (exact) mass is 344 g/mol. The number of nitrogens with zero attached hydrogens (tertiary/aromatic N) is 3. The van der Waals surface area contributed by atoms with E-state index < -0.39 is 17.6 Å². The summed E-state index contributed by atoms with van der Waals surface area (Å²) in [5.74, 6) is 0.0338. The molecule has 110 valence electrons. The van der Waals surface area contributed by atoms with Crippen molar-refractivity contribution in [2.24, 2.45) is 5.73 Å². The summed E-state index contributed by atoms with van der Waals surface area (Å²) in [7, 11) is 3.61. The lowest BCUT2D eigenvalue weighted by molar-refractivity contribution is -0.119. The summed E-state index contributed by atoms with van der Waals surface area (Å²) >= 11 is 3.28. The summed E-state index contributed by atoms with van der Waals surface area (Å²) < 4.78 is 15.5. The van der Waals surface area contributed by atoms with Crippen LogP contribution >= 0.6 is 15.9 Å². The minimum absolute atomic E-state index is 0.0920. The van der Waals surface area contributed by atoms with E-state index in [4.69, 9.17) is 5.73 Å². The Kier molecular flexibility index (Phi) is 4.29. The summed E-state index contributed by atoms with van der Waals surface area (Å²) in [4.78, 5) is 19.3. The van der Waals surface area contributed by atoms with Crippen LogP contribution < -0.4 is 10.6 Å². The maximum atomic E-state index is 14.9. The topological polar surface area (TPSA) is 62.5 Å². The largest absolute Gasteiger partial charge is 0.368 e. The zero-order valence-electron chi connectivity index (χ0n) is 11.5. The summed E-state index contributed by atoms with van der Waals surface area (Å²) in [6.07, 6.45) is 0.0920. The number of halogens is 2. The first kappa shape index (κ1) is 15.2. The molecule has 2 unspecified atom stereocenters. The lowest BCUT2D eigenvalue weighted by Crippen LogP contribution is -2.41. The van der Waals surface area contributed by atoms with Gasteiger partial charge in [0, 0.05) is 13.0 Å². The molecule has 0 radical (unpaired) electrons. The van der Waals surface area contributed by atoms with Gasteiger partial charge in [-0.25, -0.2) is 9.37 Å². The molecule has 1 saturated heterocycles. The number of hydrogen-bond donors (Lipinski definition) is 1. The summed E-state index contributed by atoms with van der Waals surface area (Å²) in [6, 6.07) is 4.67. The molecule has 0 saturated carbocycles. The van der Waals surface area contributed by atoms with Crippen molar-refractivity contribution in [2.45, 2.75) is 18.1 Å². The molecule has 1 fully saturated rings. The minimum Gasteiger partial charge on any atom is -0.368 e. The zero-order valence-corrected chi connectivity index (χ0v) is 13.1. The van der Waals surface area contributed by atoms with Gasteiger partial charge in [-0.3, -0.25) is 4.79 Å². The summed E-state index contributed by atoms with van der Waals surface area (Å²) in [5, 5.41) is 0. The van der Waals surface area contributed by atoms with Crippen LogP contribution in [0.5, 0.6) is 0 Å². The third-order valence-corrected chi connectivity index (χ3v) is 3.75. The van der Waals surface area contributed by atoms with Crippen LogP contribution in [0.2, 0.25) is 0 Å². The van der Waals surface area contributed by atoms with Crippen LogP contribution in [-0.2, 0) is 4.79 Å². The Labute approximate surface area is 126 Å². The van der Waals surface area contributed by atoms with E-state index in [9.17, 15) is 9.18 Å². The SMILES string of the molecule is CN(C)CC1(F)CC(C(N)=O)N(c2cccc(Br)n2)C1. The first-order chi connectivity index (χ1) is 9.31. The van der Waals surface area contributed by atoms with Crippen LogP contribution in [0, 0.1) is 0 Å². The number of rotatable bonds is 4. The highest BCUT2D eigenvalue weighted by atomic mass is 79.9. The van der Waals surface area contributed by atoms with E-state index in [0.717, 1.165) is 0 Å². The second-order valence-corrected chi connectivity index (χ2v) is 6.27. The molecule has 0 spiro atoms. The number of carbonyl (C=O) groups is 1. The van der Waals surface area contributed by atoms with Gasteiger partial charge in [-0.2, -0.15) is 0 Å². The molecule has 2 heterocycles. The van der Waals surface area contributed by atoms with Crippen molar-refractivity contribution in [3.05, 3.63) is 22.8 Å². The van der Waals surface area contributed by atoms with E-state index in [0.29, 0.717) is 10.4 Å². The van der Waals surface area contributed by atoms with Gasteiger partial charge in [-0.05, 0) is 42.2 Å². The van der Waals surface area contributed by atoms with Crippen molar-refractivity contribution >= 4 is 27.7 Å². The lowest BCUT2D eigenvalue weighted by Gasteiger charge is -2.25. The van der Waals surface area contributed by atoms with E-state index in [1.807, 2.05) is 0 Å². The van der Waals surface area contributed by atoms with Crippen LogP contribution in [0.3, 0.4) is 0 Å². The summed E-state index contributed by atoms with van der Waals surface area (Å²) in [6.45, 7) is 0.365. The van der Waals surface area contributed by atoms with Gasteiger partial charge in [0.2, 0.25) is 5.91 Å². The Morgan fingerprint density at radius 3 is 2.90 bits per heavy atom. The molecule has 1 aliphatic heterocycles. The maximum absolute atomic E-state index is 14.9. The zero-order chi connectivity index (χ0) is 14.9. The van der Waals surface area contributed by atoms with Crippen LogP contribution in [0.15, 0.2) is 22.8 Å². The first-order valence-corrected chi connectivity index (χ1v) is 7.12. The molecule has 20 heavy (non-hydrogen) atoms. The number of hydrogen-bond acceptors (Lipinski definition) is 4. The number of aromatic nitrogens is 1. The molecule has 1 aliphatic rings. The van der Waals surface area contributed by atoms with Crippen LogP contribution in [0.1, 0.15) is 6.42 Å².